The molecule has 3 rings (SSSR count). The Labute approximate surface area is 175 Å². The van der Waals surface area contributed by atoms with Gasteiger partial charge in [-0.1, -0.05) is 18.2 Å². The second-order valence-corrected chi connectivity index (χ2v) is 6.50. The Balaban J connectivity index is 1.87. The van der Waals surface area contributed by atoms with Crippen molar-refractivity contribution in [2.24, 2.45) is 4.99 Å². The normalized spacial score (nSPS) is 11.0. The van der Waals surface area contributed by atoms with Crippen LogP contribution in [0.4, 0.5) is 5.69 Å². The molecule has 1 amide bonds. The van der Waals surface area contributed by atoms with E-state index in [1.807, 2.05) is 43.3 Å². The number of methoxy groups -OCH3 is 2. The highest BCUT2D eigenvalue weighted by Crippen LogP contribution is 2.25. The standard InChI is InChI=1S/C23H24N4O3/c1-16-10-11-21(30-3)20(13-16)26-23(25-15-18-8-4-5-12-24-18)27-22(28)17-7-6-9-19(14-17)29-2/h4-14H,15H2,1-3H3,(H2,25,26,27,28). The lowest BCUT2D eigenvalue weighted by atomic mass is 10.2. The third kappa shape index (κ3) is 5.57. The lowest BCUT2D eigenvalue weighted by molar-refractivity contribution is 0.0976. The van der Waals surface area contributed by atoms with Crippen LogP contribution < -0.4 is 20.1 Å². The zero-order valence-electron chi connectivity index (χ0n) is 17.2. The first-order chi connectivity index (χ1) is 14.6. The number of aliphatic imine (C=N–C) groups is 1. The van der Waals surface area contributed by atoms with Crippen LogP contribution in [0.2, 0.25) is 0 Å². The molecule has 0 unspecified atom stereocenters. The molecular formula is C23H24N4O3. The Morgan fingerprint density at radius 1 is 1.03 bits per heavy atom. The number of aromatic nitrogens is 1. The second kappa shape index (κ2) is 10.1. The van der Waals surface area contributed by atoms with E-state index >= 15 is 0 Å². The number of rotatable bonds is 6. The summed E-state index contributed by atoms with van der Waals surface area (Å²) >= 11 is 0. The summed E-state index contributed by atoms with van der Waals surface area (Å²) in [6.45, 7) is 2.28. The smallest absolute Gasteiger partial charge is 0.258 e. The molecule has 0 fully saturated rings. The predicted octanol–water partition coefficient (Wildman–Crippen LogP) is 3.81. The van der Waals surface area contributed by atoms with Crippen LogP contribution >= 0.6 is 0 Å². The van der Waals surface area contributed by atoms with Crippen molar-refractivity contribution >= 4 is 17.6 Å². The molecule has 30 heavy (non-hydrogen) atoms. The number of hydrogen-bond acceptors (Lipinski definition) is 5. The predicted molar refractivity (Wildman–Crippen MR) is 117 cm³/mol. The van der Waals surface area contributed by atoms with Crippen molar-refractivity contribution in [2.45, 2.75) is 13.5 Å². The molecule has 154 valence electrons. The van der Waals surface area contributed by atoms with Crippen molar-refractivity contribution in [3.8, 4) is 11.5 Å². The maximum atomic E-state index is 12.8. The number of carbonyl (C=O) groups excluding carboxylic acids is 1. The van der Waals surface area contributed by atoms with E-state index in [0.717, 1.165) is 11.3 Å². The molecule has 0 spiro atoms. The second-order valence-electron chi connectivity index (χ2n) is 6.50. The van der Waals surface area contributed by atoms with Crippen molar-refractivity contribution in [1.82, 2.24) is 10.3 Å². The van der Waals surface area contributed by atoms with Gasteiger partial charge in [0, 0.05) is 11.8 Å². The number of benzene rings is 2. The van der Waals surface area contributed by atoms with Gasteiger partial charge in [0.15, 0.2) is 0 Å². The summed E-state index contributed by atoms with van der Waals surface area (Å²) in [5.41, 5.74) is 2.98. The van der Waals surface area contributed by atoms with Crippen LogP contribution in [0.3, 0.4) is 0 Å². The maximum Gasteiger partial charge on any atom is 0.258 e. The van der Waals surface area contributed by atoms with Crippen molar-refractivity contribution in [3.63, 3.8) is 0 Å². The van der Waals surface area contributed by atoms with Crippen LogP contribution in [0.1, 0.15) is 21.6 Å². The molecule has 0 aliphatic carbocycles. The van der Waals surface area contributed by atoms with Crippen molar-refractivity contribution in [3.05, 3.63) is 83.7 Å². The largest absolute Gasteiger partial charge is 0.497 e. The Morgan fingerprint density at radius 3 is 2.63 bits per heavy atom. The number of guanidine groups is 1. The molecule has 0 aliphatic heterocycles. The summed E-state index contributed by atoms with van der Waals surface area (Å²) in [5.74, 6) is 1.22. The zero-order chi connectivity index (χ0) is 21.3. The molecule has 0 saturated heterocycles. The number of hydrogen-bond donors (Lipinski definition) is 2. The summed E-state index contributed by atoms with van der Waals surface area (Å²) in [7, 11) is 3.15. The molecule has 7 heteroatoms. The van der Waals surface area contributed by atoms with Gasteiger partial charge in [-0.3, -0.25) is 15.1 Å². The summed E-state index contributed by atoms with van der Waals surface area (Å²) in [5, 5.41) is 6.01. The van der Waals surface area contributed by atoms with Crippen LogP contribution in [0.5, 0.6) is 11.5 Å². The number of anilines is 1. The van der Waals surface area contributed by atoms with Crippen LogP contribution in [0.15, 0.2) is 71.9 Å². The fraction of sp³-hybridized carbons (Fsp3) is 0.174. The Kier molecular flexibility index (Phi) is 7.00. The van der Waals surface area contributed by atoms with Crippen LogP contribution in [-0.4, -0.2) is 31.1 Å². The van der Waals surface area contributed by atoms with Gasteiger partial charge in [0.25, 0.3) is 5.91 Å². The highest BCUT2D eigenvalue weighted by molar-refractivity contribution is 6.10. The molecule has 0 saturated carbocycles. The highest BCUT2D eigenvalue weighted by atomic mass is 16.5. The molecule has 0 bridgehead atoms. The zero-order valence-corrected chi connectivity index (χ0v) is 17.2. The van der Waals surface area contributed by atoms with Crippen molar-refractivity contribution < 1.29 is 14.3 Å². The number of nitrogens with one attached hydrogen (secondary N) is 2. The quantitative estimate of drug-likeness (QED) is 0.482. The molecule has 3 aromatic rings. The van der Waals surface area contributed by atoms with Crippen LogP contribution in [0.25, 0.3) is 0 Å². The van der Waals surface area contributed by atoms with Gasteiger partial charge in [-0.2, -0.15) is 0 Å². The first kappa shape index (κ1) is 20.9. The Hall–Kier alpha value is -3.87. The minimum absolute atomic E-state index is 0.289. The molecule has 0 radical (unpaired) electrons. The molecule has 1 heterocycles. The average molecular weight is 404 g/mol. The highest BCUT2D eigenvalue weighted by Gasteiger charge is 2.12. The molecule has 0 aliphatic rings. The minimum Gasteiger partial charge on any atom is -0.497 e. The van der Waals surface area contributed by atoms with E-state index in [1.54, 1.807) is 44.7 Å². The van der Waals surface area contributed by atoms with Gasteiger partial charge in [-0.25, -0.2) is 4.99 Å². The maximum absolute atomic E-state index is 12.8. The molecular weight excluding hydrogens is 380 g/mol. The van der Waals surface area contributed by atoms with Gasteiger partial charge in [0.05, 0.1) is 32.1 Å². The van der Waals surface area contributed by atoms with Gasteiger partial charge < -0.3 is 14.8 Å². The van der Waals surface area contributed by atoms with E-state index in [4.69, 9.17) is 9.47 Å². The number of ether oxygens (including phenoxy) is 2. The van der Waals surface area contributed by atoms with Crippen LogP contribution in [0, 0.1) is 6.92 Å². The van der Waals surface area contributed by atoms with E-state index in [2.05, 4.69) is 20.6 Å². The number of carbonyl (C=O) groups is 1. The van der Waals surface area contributed by atoms with Crippen molar-refractivity contribution in [2.75, 3.05) is 19.5 Å². The first-order valence-corrected chi connectivity index (χ1v) is 9.40. The summed E-state index contributed by atoms with van der Waals surface area (Å²) in [4.78, 5) is 21.6. The third-order valence-corrected chi connectivity index (χ3v) is 4.30. The Bertz CT molecular complexity index is 1040. The molecule has 1 aromatic heterocycles. The average Bonchev–Trinajstić information content (AvgIpc) is 2.78. The van der Waals surface area contributed by atoms with E-state index in [1.165, 1.54) is 0 Å². The van der Waals surface area contributed by atoms with E-state index in [9.17, 15) is 4.79 Å². The monoisotopic (exact) mass is 404 g/mol. The molecule has 7 nitrogen and oxygen atoms in total. The number of amides is 1. The van der Waals surface area contributed by atoms with Gasteiger partial charge in [0.1, 0.15) is 11.5 Å². The fourth-order valence-electron chi connectivity index (χ4n) is 2.75. The molecule has 2 N–H and O–H groups in total. The first-order valence-electron chi connectivity index (χ1n) is 9.40. The van der Waals surface area contributed by atoms with Gasteiger partial charge in [-0.15, -0.1) is 0 Å². The Morgan fingerprint density at radius 2 is 1.90 bits per heavy atom. The number of nitrogens with zero attached hydrogens (tertiary/aromatic N) is 2. The van der Waals surface area contributed by atoms with Crippen molar-refractivity contribution in [1.29, 1.82) is 0 Å². The van der Waals surface area contributed by atoms with E-state index < -0.39 is 0 Å². The summed E-state index contributed by atoms with van der Waals surface area (Å²) < 4.78 is 10.6. The van der Waals surface area contributed by atoms with E-state index in [-0.39, 0.29) is 11.9 Å². The summed E-state index contributed by atoms with van der Waals surface area (Å²) in [6, 6.07) is 18.3. The summed E-state index contributed by atoms with van der Waals surface area (Å²) in [6.07, 6.45) is 1.70. The lowest BCUT2D eigenvalue weighted by Crippen LogP contribution is -2.36. The van der Waals surface area contributed by atoms with Crippen LogP contribution in [-0.2, 0) is 6.54 Å². The minimum atomic E-state index is -0.312. The third-order valence-electron chi connectivity index (χ3n) is 4.30. The SMILES string of the molecule is COc1cccc(C(=O)NC(=NCc2ccccn2)Nc2cc(C)ccc2OC)c1. The van der Waals surface area contributed by atoms with Gasteiger partial charge >= 0.3 is 0 Å². The van der Waals surface area contributed by atoms with Gasteiger partial charge in [-0.05, 0) is 55.0 Å². The van der Waals surface area contributed by atoms with Gasteiger partial charge in [0.2, 0.25) is 5.96 Å². The molecule has 0 atom stereocenters. The topological polar surface area (TPSA) is 84.8 Å². The molecule has 2 aromatic carbocycles. The number of aryl methyl sites for hydroxylation is 1. The number of pyridine rings is 1. The fourth-order valence-corrected chi connectivity index (χ4v) is 2.75. The lowest BCUT2D eigenvalue weighted by Gasteiger charge is -2.15. The van der Waals surface area contributed by atoms with E-state index in [0.29, 0.717) is 29.3 Å².